The molecule has 0 amide bonds. The summed E-state index contributed by atoms with van der Waals surface area (Å²) in [5.41, 5.74) is 1.76. The summed E-state index contributed by atoms with van der Waals surface area (Å²) in [6, 6.07) is 8.25. The Bertz CT molecular complexity index is 338. The third-order valence-electron chi connectivity index (χ3n) is 3.77. The fourth-order valence-electron chi connectivity index (χ4n) is 2.65. The van der Waals surface area contributed by atoms with Gasteiger partial charge < -0.3 is 0 Å². The summed E-state index contributed by atoms with van der Waals surface area (Å²) in [5, 5.41) is 0.817. The molecule has 0 spiro atoms. The highest BCUT2D eigenvalue weighted by Gasteiger charge is 2.34. The third kappa shape index (κ3) is 2.62. The summed E-state index contributed by atoms with van der Waals surface area (Å²) < 4.78 is 0. The molecule has 0 saturated heterocycles. The van der Waals surface area contributed by atoms with Gasteiger partial charge in [0.25, 0.3) is 0 Å². The average molecular weight is 302 g/mol. The summed E-state index contributed by atoms with van der Waals surface area (Å²) >= 11 is 9.81. The molecular formula is C14H18BrCl. The standard InChI is InChI=1S/C14H18BrCl/c1-14(9-3-2-4-10-14)13(15)11-5-7-12(16)8-6-11/h5-8,13H,2-4,9-10H2,1H3. The van der Waals surface area contributed by atoms with Crippen molar-refractivity contribution in [2.24, 2.45) is 5.41 Å². The summed E-state index contributed by atoms with van der Waals surface area (Å²) in [5.74, 6) is 0. The maximum absolute atomic E-state index is 5.92. The quantitative estimate of drug-likeness (QED) is 0.610. The first kappa shape index (κ1) is 12.4. The van der Waals surface area contributed by atoms with E-state index in [1.165, 1.54) is 37.7 Å². The lowest BCUT2D eigenvalue weighted by Gasteiger charge is -2.38. The zero-order chi connectivity index (χ0) is 11.6. The Morgan fingerprint density at radius 1 is 1.12 bits per heavy atom. The molecule has 0 N–H and O–H groups in total. The molecule has 1 atom stereocenters. The Morgan fingerprint density at radius 3 is 2.25 bits per heavy atom. The molecule has 1 aromatic carbocycles. The molecule has 2 heteroatoms. The molecule has 1 fully saturated rings. The molecule has 88 valence electrons. The van der Waals surface area contributed by atoms with Crippen LogP contribution >= 0.6 is 27.5 Å². The Hall–Kier alpha value is -0.0100. The highest BCUT2D eigenvalue weighted by Crippen LogP contribution is 2.50. The maximum atomic E-state index is 5.92. The van der Waals surface area contributed by atoms with Gasteiger partial charge in [0.2, 0.25) is 0 Å². The van der Waals surface area contributed by atoms with E-state index in [4.69, 9.17) is 11.6 Å². The van der Waals surface area contributed by atoms with E-state index in [-0.39, 0.29) is 0 Å². The molecule has 0 heterocycles. The normalized spacial score (nSPS) is 21.7. The largest absolute Gasteiger partial charge is 0.0843 e. The summed E-state index contributed by atoms with van der Waals surface area (Å²) in [4.78, 5) is 0.456. The molecule has 0 aliphatic heterocycles. The van der Waals surface area contributed by atoms with Gasteiger partial charge in [0.05, 0.1) is 0 Å². The summed E-state index contributed by atoms with van der Waals surface area (Å²) in [7, 11) is 0. The van der Waals surface area contributed by atoms with Crippen LogP contribution < -0.4 is 0 Å². The van der Waals surface area contributed by atoms with Crippen molar-refractivity contribution in [3.05, 3.63) is 34.9 Å². The highest BCUT2D eigenvalue weighted by atomic mass is 79.9. The molecular weight excluding hydrogens is 284 g/mol. The van der Waals surface area contributed by atoms with E-state index < -0.39 is 0 Å². The first-order valence-electron chi connectivity index (χ1n) is 6.01. The fourth-order valence-corrected chi connectivity index (χ4v) is 3.54. The van der Waals surface area contributed by atoms with Crippen molar-refractivity contribution in [1.82, 2.24) is 0 Å². The molecule has 2 rings (SSSR count). The Labute approximate surface area is 112 Å². The minimum atomic E-state index is 0.409. The van der Waals surface area contributed by atoms with E-state index in [1.54, 1.807) is 0 Å². The lowest BCUT2D eigenvalue weighted by Crippen LogP contribution is -2.25. The highest BCUT2D eigenvalue weighted by molar-refractivity contribution is 9.09. The second kappa shape index (κ2) is 5.10. The van der Waals surface area contributed by atoms with Crippen molar-refractivity contribution in [3.63, 3.8) is 0 Å². The molecule has 1 saturated carbocycles. The summed E-state index contributed by atoms with van der Waals surface area (Å²) in [6.07, 6.45) is 6.78. The zero-order valence-corrected chi connectivity index (χ0v) is 12.0. The predicted octanol–water partition coefficient (Wildman–Crippen LogP) is 5.75. The minimum absolute atomic E-state index is 0.409. The second-order valence-electron chi connectivity index (χ2n) is 5.13. The first-order chi connectivity index (χ1) is 7.62. The molecule has 1 aliphatic carbocycles. The predicted molar refractivity (Wildman–Crippen MR) is 74.3 cm³/mol. The van der Waals surface area contributed by atoms with E-state index in [9.17, 15) is 0 Å². The van der Waals surface area contributed by atoms with Crippen LogP contribution in [-0.2, 0) is 0 Å². The minimum Gasteiger partial charge on any atom is -0.0843 e. The van der Waals surface area contributed by atoms with E-state index in [1.807, 2.05) is 12.1 Å². The molecule has 1 unspecified atom stereocenters. The van der Waals surface area contributed by atoms with Crippen molar-refractivity contribution in [2.75, 3.05) is 0 Å². The fraction of sp³-hybridized carbons (Fsp3) is 0.571. The number of rotatable bonds is 2. The van der Waals surface area contributed by atoms with Gasteiger partial charge in [-0.25, -0.2) is 0 Å². The van der Waals surface area contributed by atoms with Crippen LogP contribution in [-0.4, -0.2) is 0 Å². The molecule has 0 radical (unpaired) electrons. The van der Waals surface area contributed by atoms with Crippen LogP contribution in [0.1, 0.15) is 49.4 Å². The maximum Gasteiger partial charge on any atom is 0.0448 e. The van der Waals surface area contributed by atoms with Gasteiger partial charge >= 0.3 is 0 Å². The molecule has 0 nitrogen and oxygen atoms in total. The average Bonchev–Trinajstić information content (AvgIpc) is 2.30. The summed E-state index contributed by atoms with van der Waals surface area (Å²) in [6.45, 7) is 2.40. The lowest BCUT2D eigenvalue weighted by molar-refractivity contribution is 0.213. The van der Waals surface area contributed by atoms with Crippen LogP contribution in [0.3, 0.4) is 0 Å². The van der Waals surface area contributed by atoms with Gasteiger partial charge in [0.1, 0.15) is 0 Å². The Balaban J connectivity index is 2.16. The van der Waals surface area contributed by atoms with Gasteiger partial charge in [-0.05, 0) is 36.0 Å². The van der Waals surface area contributed by atoms with Gasteiger partial charge in [-0.1, -0.05) is 65.8 Å². The first-order valence-corrected chi connectivity index (χ1v) is 7.31. The molecule has 0 bridgehead atoms. The number of alkyl halides is 1. The van der Waals surface area contributed by atoms with Crippen molar-refractivity contribution < 1.29 is 0 Å². The third-order valence-corrected chi connectivity index (χ3v) is 5.66. The SMILES string of the molecule is CC1(C(Br)c2ccc(Cl)cc2)CCCCC1. The van der Waals surface area contributed by atoms with Gasteiger partial charge in [-0.3, -0.25) is 0 Å². The number of halogens is 2. The second-order valence-corrected chi connectivity index (χ2v) is 6.48. The Morgan fingerprint density at radius 2 is 1.69 bits per heavy atom. The van der Waals surface area contributed by atoms with Gasteiger partial charge in [0.15, 0.2) is 0 Å². The van der Waals surface area contributed by atoms with Gasteiger partial charge in [-0.2, -0.15) is 0 Å². The lowest BCUT2D eigenvalue weighted by atomic mass is 9.72. The number of hydrogen-bond donors (Lipinski definition) is 0. The van der Waals surface area contributed by atoms with E-state index in [0.29, 0.717) is 10.2 Å². The van der Waals surface area contributed by atoms with Crippen LogP contribution in [0.4, 0.5) is 0 Å². The molecule has 1 aromatic rings. The van der Waals surface area contributed by atoms with Gasteiger partial charge in [-0.15, -0.1) is 0 Å². The number of hydrogen-bond acceptors (Lipinski definition) is 0. The molecule has 16 heavy (non-hydrogen) atoms. The van der Waals surface area contributed by atoms with E-state index in [2.05, 4.69) is 35.0 Å². The Kier molecular flexibility index (Phi) is 3.97. The van der Waals surface area contributed by atoms with E-state index >= 15 is 0 Å². The molecule has 0 aromatic heterocycles. The van der Waals surface area contributed by atoms with Crippen molar-refractivity contribution >= 4 is 27.5 Å². The van der Waals surface area contributed by atoms with Crippen LogP contribution in [0.25, 0.3) is 0 Å². The van der Waals surface area contributed by atoms with Crippen LogP contribution in [0.15, 0.2) is 24.3 Å². The van der Waals surface area contributed by atoms with Crippen molar-refractivity contribution in [2.45, 2.75) is 43.9 Å². The van der Waals surface area contributed by atoms with Crippen LogP contribution in [0.2, 0.25) is 5.02 Å². The van der Waals surface area contributed by atoms with E-state index in [0.717, 1.165) is 5.02 Å². The van der Waals surface area contributed by atoms with Gasteiger partial charge in [0, 0.05) is 9.85 Å². The zero-order valence-electron chi connectivity index (χ0n) is 9.68. The molecule has 1 aliphatic rings. The van der Waals surface area contributed by atoms with Crippen molar-refractivity contribution in [3.8, 4) is 0 Å². The monoisotopic (exact) mass is 300 g/mol. The number of benzene rings is 1. The van der Waals surface area contributed by atoms with Crippen molar-refractivity contribution in [1.29, 1.82) is 0 Å². The smallest absolute Gasteiger partial charge is 0.0448 e. The topological polar surface area (TPSA) is 0 Å². The van der Waals surface area contributed by atoms with Crippen LogP contribution in [0, 0.1) is 5.41 Å². The van der Waals surface area contributed by atoms with Crippen LogP contribution in [0.5, 0.6) is 0 Å².